The van der Waals surface area contributed by atoms with E-state index in [9.17, 15) is 18.0 Å². The Labute approximate surface area is 262 Å². The summed E-state index contributed by atoms with van der Waals surface area (Å²) in [7, 11) is -2.79. The summed E-state index contributed by atoms with van der Waals surface area (Å²) < 4.78 is 34.1. The zero-order valence-electron chi connectivity index (χ0n) is 23.8. The van der Waals surface area contributed by atoms with Crippen molar-refractivity contribution in [3.8, 4) is 5.75 Å². The molecule has 8 nitrogen and oxygen atoms in total. The summed E-state index contributed by atoms with van der Waals surface area (Å²) in [4.78, 5) is 28.8. The van der Waals surface area contributed by atoms with E-state index >= 15 is 0 Å². The van der Waals surface area contributed by atoms with Crippen molar-refractivity contribution in [2.75, 3.05) is 24.5 Å². The van der Waals surface area contributed by atoms with Crippen LogP contribution in [0.25, 0.3) is 0 Å². The van der Waals surface area contributed by atoms with Crippen molar-refractivity contribution in [2.24, 2.45) is 5.92 Å². The van der Waals surface area contributed by atoms with Gasteiger partial charge in [-0.25, -0.2) is 8.42 Å². The van der Waals surface area contributed by atoms with Gasteiger partial charge in [-0.3, -0.25) is 13.9 Å². The van der Waals surface area contributed by atoms with Crippen molar-refractivity contribution in [3.63, 3.8) is 0 Å². The van der Waals surface area contributed by atoms with Gasteiger partial charge in [0.1, 0.15) is 18.3 Å². The van der Waals surface area contributed by atoms with E-state index in [2.05, 4.69) is 5.32 Å². The van der Waals surface area contributed by atoms with Crippen molar-refractivity contribution in [2.45, 2.75) is 44.7 Å². The predicted molar refractivity (Wildman–Crippen MR) is 168 cm³/mol. The molecule has 0 fully saturated rings. The van der Waals surface area contributed by atoms with E-state index in [1.165, 1.54) is 42.3 Å². The molecule has 0 aliphatic rings. The molecule has 0 aliphatic heterocycles. The van der Waals surface area contributed by atoms with Crippen molar-refractivity contribution in [1.82, 2.24) is 10.2 Å². The van der Waals surface area contributed by atoms with Crippen LogP contribution in [-0.4, -0.2) is 51.4 Å². The summed E-state index contributed by atoms with van der Waals surface area (Å²) in [6, 6.07) is 16.0. The number of amides is 2. The van der Waals surface area contributed by atoms with E-state index in [0.29, 0.717) is 27.9 Å². The number of methoxy groups -OCH3 is 1. The number of halogens is 3. The molecule has 42 heavy (non-hydrogen) atoms. The van der Waals surface area contributed by atoms with Crippen molar-refractivity contribution in [1.29, 1.82) is 0 Å². The topological polar surface area (TPSA) is 96.0 Å². The predicted octanol–water partition coefficient (Wildman–Crippen LogP) is 6.43. The first-order valence-electron chi connectivity index (χ1n) is 13.3. The van der Waals surface area contributed by atoms with Crippen LogP contribution in [0.2, 0.25) is 15.1 Å². The van der Waals surface area contributed by atoms with Crippen molar-refractivity contribution >= 4 is 62.3 Å². The quantitative estimate of drug-likeness (QED) is 0.229. The SMILES string of the molecule is CC[C@H](C(=O)NCC(C)C)N(Cc1c(Cl)cccc1Cl)C(=O)CN(c1cccc(Cl)c1)S(=O)(=O)c1ccc(OC)cc1. The smallest absolute Gasteiger partial charge is 0.264 e. The number of hydrogen-bond donors (Lipinski definition) is 1. The third-order valence-corrected chi connectivity index (χ3v) is 9.21. The van der Waals surface area contributed by atoms with Crippen LogP contribution in [-0.2, 0) is 26.2 Å². The number of rotatable bonds is 13. The molecule has 0 aliphatic carbocycles. The molecule has 3 rings (SSSR count). The largest absolute Gasteiger partial charge is 0.497 e. The molecule has 0 heterocycles. The number of ether oxygens (including phenoxy) is 1. The normalized spacial score (nSPS) is 12.1. The Morgan fingerprint density at radius 3 is 2.12 bits per heavy atom. The Hall–Kier alpha value is -2.98. The fourth-order valence-electron chi connectivity index (χ4n) is 4.23. The van der Waals surface area contributed by atoms with E-state index < -0.39 is 28.5 Å². The minimum atomic E-state index is -4.27. The lowest BCUT2D eigenvalue weighted by Crippen LogP contribution is -2.52. The minimum Gasteiger partial charge on any atom is -0.497 e. The third kappa shape index (κ3) is 8.31. The zero-order valence-corrected chi connectivity index (χ0v) is 26.9. The van der Waals surface area contributed by atoms with E-state index in [1.54, 1.807) is 43.3 Å². The van der Waals surface area contributed by atoms with Crippen LogP contribution < -0.4 is 14.4 Å². The Balaban J connectivity index is 2.09. The fourth-order valence-corrected chi connectivity index (χ4v) is 6.34. The van der Waals surface area contributed by atoms with Crippen LogP contribution in [0.4, 0.5) is 5.69 Å². The van der Waals surface area contributed by atoms with Crippen molar-refractivity contribution in [3.05, 3.63) is 87.4 Å². The first-order chi connectivity index (χ1) is 19.9. The molecule has 1 atom stereocenters. The first-order valence-corrected chi connectivity index (χ1v) is 15.9. The van der Waals surface area contributed by atoms with Crippen LogP contribution in [0.5, 0.6) is 5.75 Å². The van der Waals surface area contributed by atoms with Gasteiger partial charge in [0.05, 0.1) is 17.7 Å². The summed E-state index contributed by atoms with van der Waals surface area (Å²) in [6.45, 7) is 5.37. The Bertz CT molecular complexity index is 1480. The number of carbonyl (C=O) groups is 2. The van der Waals surface area contributed by atoms with Gasteiger partial charge in [0.2, 0.25) is 11.8 Å². The van der Waals surface area contributed by atoms with Gasteiger partial charge in [0, 0.05) is 33.7 Å². The molecule has 226 valence electrons. The highest BCUT2D eigenvalue weighted by molar-refractivity contribution is 7.92. The van der Waals surface area contributed by atoms with Gasteiger partial charge in [-0.2, -0.15) is 0 Å². The number of sulfonamides is 1. The average molecular weight is 655 g/mol. The van der Waals surface area contributed by atoms with E-state index in [1.807, 2.05) is 13.8 Å². The lowest BCUT2D eigenvalue weighted by atomic mass is 10.1. The molecule has 0 unspecified atom stereocenters. The zero-order chi connectivity index (χ0) is 31.0. The maximum Gasteiger partial charge on any atom is 0.264 e. The first kappa shape index (κ1) is 33.5. The number of anilines is 1. The molecule has 0 aromatic heterocycles. The maximum absolute atomic E-state index is 14.2. The highest BCUT2D eigenvalue weighted by Gasteiger charge is 2.34. The molecule has 3 aromatic rings. The summed E-state index contributed by atoms with van der Waals surface area (Å²) in [6.07, 6.45) is 0.264. The number of nitrogens with one attached hydrogen (secondary N) is 1. The lowest BCUT2D eigenvalue weighted by Gasteiger charge is -2.33. The van der Waals surface area contributed by atoms with Crippen LogP contribution in [0.1, 0.15) is 32.8 Å². The van der Waals surface area contributed by atoms with Crippen LogP contribution in [0, 0.1) is 5.92 Å². The monoisotopic (exact) mass is 653 g/mol. The summed E-state index contributed by atoms with van der Waals surface area (Å²) >= 11 is 19.1. The fraction of sp³-hybridized carbons (Fsp3) is 0.333. The number of carbonyl (C=O) groups excluding carboxylic acids is 2. The van der Waals surface area contributed by atoms with Crippen LogP contribution in [0.15, 0.2) is 71.6 Å². The lowest BCUT2D eigenvalue weighted by molar-refractivity contribution is -0.140. The summed E-state index contributed by atoms with van der Waals surface area (Å²) in [5, 5.41) is 3.80. The highest BCUT2D eigenvalue weighted by Crippen LogP contribution is 2.30. The van der Waals surface area contributed by atoms with E-state index in [-0.39, 0.29) is 40.4 Å². The van der Waals surface area contributed by atoms with Gasteiger partial charge in [0.15, 0.2) is 0 Å². The van der Waals surface area contributed by atoms with Gasteiger partial charge >= 0.3 is 0 Å². The molecule has 0 radical (unpaired) electrons. The molecule has 0 bridgehead atoms. The van der Waals surface area contributed by atoms with Gasteiger partial charge in [-0.15, -0.1) is 0 Å². The Kier molecular flexibility index (Phi) is 11.9. The van der Waals surface area contributed by atoms with Crippen molar-refractivity contribution < 1.29 is 22.7 Å². The Morgan fingerprint density at radius 1 is 0.952 bits per heavy atom. The molecule has 0 saturated carbocycles. The number of nitrogens with zero attached hydrogens (tertiary/aromatic N) is 2. The second-order valence-electron chi connectivity index (χ2n) is 9.95. The number of hydrogen-bond acceptors (Lipinski definition) is 5. The van der Waals surface area contributed by atoms with Gasteiger partial charge < -0.3 is 15.0 Å². The molecular formula is C30H34Cl3N3O5S. The summed E-state index contributed by atoms with van der Waals surface area (Å²) in [5.74, 6) is -0.341. The standard InChI is InChI=1S/C30H34Cl3N3O5S/c1-5-28(30(38)34-17-20(2)3)35(18-25-26(32)10-7-11-27(25)33)29(37)19-36(22-9-6-8-21(31)16-22)42(39,40)24-14-12-23(41-4)13-15-24/h6-16,20,28H,5,17-19H2,1-4H3,(H,34,38)/t28-/m1/s1. The third-order valence-electron chi connectivity index (χ3n) is 6.48. The molecule has 1 N–H and O–H groups in total. The van der Waals surface area contributed by atoms with Gasteiger partial charge in [0.25, 0.3) is 10.0 Å². The molecule has 12 heteroatoms. The summed E-state index contributed by atoms with van der Waals surface area (Å²) in [5.41, 5.74) is 0.622. The Morgan fingerprint density at radius 2 is 1.57 bits per heavy atom. The molecular weight excluding hydrogens is 621 g/mol. The van der Waals surface area contributed by atoms with E-state index in [4.69, 9.17) is 39.5 Å². The second-order valence-corrected chi connectivity index (χ2v) is 13.1. The molecule has 0 saturated heterocycles. The average Bonchev–Trinajstić information content (AvgIpc) is 2.95. The van der Waals surface area contributed by atoms with Gasteiger partial charge in [-0.05, 0) is 66.9 Å². The highest BCUT2D eigenvalue weighted by atomic mass is 35.5. The molecule has 0 spiro atoms. The van der Waals surface area contributed by atoms with Gasteiger partial charge in [-0.1, -0.05) is 67.7 Å². The van der Waals surface area contributed by atoms with Crippen LogP contribution in [0.3, 0.4) is 0 Å². The molecule has 2 amide bonds. The van der Waals surface area contributed by atoms with Crippen LogP contribution >= 0.6 is 34.8 Å². The van der Waals surface area contributed by atoms with E-state index in [0.717, 1.165) is 4.31 Å². The minimum absolute atomic E-state index is 0.0570. The second kappa shape index (κ2) is 15.0. The number of benzene rings is 3. The maximum atomic E-state index is 14.2. The molecule has 3 aromatic carbocycles.